The van der Waals surface area contributed by atoms with Crippen LogP contribution in [0.3, 0.4) is 0 Å². The first kappa shape index (κ1) is 57.9. The van der Waals surface area contributed by atoms with Crippen molar-refractivity contribution in [1.29, 1.82) is 0 Å². The van der Waals surface area contributed by atoms with E-state index >= 15 is 0 Å². The zero-order valence-corrected chi connectivity index (χ0v) is 44.1. The SMILES string of the molecule is C.CCN1CCC[N+]2=C1N(CCCc1cc(C(C)(C)C)cc(C=NC3CCCCC3N=Cc3cc(C(C)(C)C)cc(CCCN4CCC[N+]5=C4N(CC)CCC5)c3O)c1O)CCC2.O=C(O)C(=O)O.[Co]. The van der Waals surface area contributed by atoms with Crippen molar-refractivity contribution in [2.45, 2.75) is 163 Å². The molecule has 0 aromatic heterocycles. The van der Waals surface area contributed by atoms with Gasteiger partial charge in [0, 0.05) is 66.0 Å². The summed E-state index contributed by atoms with van der Waals surface area (Å²) >= 11 is 0. The Bertz CT molecular complexity index is 2050. The van der Waals surface area contributed by atoms with Crippen LogP contribution in [-0.4, -0.2) is 176 Å². The van der Waals surface area contributed by atoms with Gasteiger partial charge in [0.2, 0.25) is 0 Å². The second-order valence-electron chi connectivity index (χ2n) is 21.6. The van der Waals surface area contributed by atoms with E-state index in [-0.39, 0.29) is 47.1 Å². The fraction of sp³-hybridized carbons (Fsp3) is 0.673. The largest absolute Gasteiger partial charge is 0.507 e. The van der Waals surface area contributed by atoms with Crippen LogP contribution in [0.5, 0.6) is 11.5 Å². The van der Waals surface area contributed by atoms with E-state index in [1.54, 1.807) is 0 Å². The molecule has 70 heavy (non-hydrogen) atoms. The summed E-state index contributed by atoms with van der Waals surface area (Å²) in [5.74, 6) is -0.0611. The summed E-state index contributed by atoms with van der Waals surface area (Å²) in [6.07, 6.45) is 16.6. The number of carboxylic acids is 2. The predicted molar refractivity (Wildman–Crippen MR) is 280 cm³/mol. The van der Waals surface area contributed by atoms with Crippen LogP contribution >= 0.6 is 0 Å². The maximum Gasteiger partial charge on any atom is 0.414 e. The van der Waals surface area contributed by atoms with Crippen molar-refractivity contribution in [2.75, 3.05) is 78.5 Å². The van der Waals surface area contributed by atoms with Crippen LogP contribution in [0.1, 0.15) is 160 Å². The molecule has 0 spiro atoms. The van der Waals surface area contributed by atoms with Crippen LogP contribution in [0.4, 0.5) is 0 Å². The van der Waals surface area contributed by atoms with Crippen LogP contribution in [0.2, 0.25) is 0 Å². The summed E-state index contributed by atoms with van der Waals surface area (Å²) in [5, 5.41) is 38.4. The van der Waals surface area contributed by atoms with E-state index in [0.29, 0.717) is 11.5 Å². The molecular formula is C55H88CoN8O6+2. The number of aliphatic carboxylic acids is 2. The molecule has 4 N–H and O–H groups in total. The van der Waals surface area contributed by atoms with Crippen molar-refractivity contribution in [3.8, 4) is 11.5 Å². The third-order valence-corrected chi connectivity index (χ3v) is 14.5. The van der Waals surface area contributed by atoms with E-state index in [9.17, 15) is 10.2 Å². The number of aryl methyl sites for hydroxylation is 2. The van der Waals surface area contributed by atoms with Gasteiger partial charge in [-0.05, 0) is 97.6 Å². The molecule has 2 unspecified atom stereocenters. The first-order valence-corrected chi connectivity index (χ1v) is 25.9. The minimum absolute atomic E-state index is 0. The molecule has 1 fully saturated rings. The number of guanidine groups is 2. The zero-order chi connectivity index (χ0) is 49.2. The first-order valence-electron chi connectivity index (χ1n) is 25.9. The quantitative estimate of drug-likeness (QED) is 0.0837. The monoisotopic (exact) mass is 1020 g/mol. The molecule has 2 aromatic carbocycles. The molecule has 2 atom stereocenters. The maximum absolute atomic E-state index is 11.8. The molecule has 1 saturated carbocycles. The van der Waals surface area contributed by atoms with Crippen molar-refractivity contribution in [3.05, 3.63) is 57.6 Å². The minimum Gasteiger partial charge on any atom is -0.507 e. The number of hydrogen-bond acceptors (Lipinski definition) is 10. The molecule has 15 heteroatoms. The van der Waals surface area contributed by atoms with Crippen molar-refractivity contribution in [3.63, 3.8) is 0 Å². The molecule has 2 aromatic rings. The van der Waals surface area contributed by atoms with E-state index in [2.05, 4.69) is 108 Å². The van der Waals surface area contributed by atoms with Gasteiger partial charge in [0.25, 0.3) is 0 Å². The Balaban J connectivity index is 0.00000125. The summed E-state index contributed by atoms with van der Waals surface area (Å²) in [6, 6.07) is 8.81. The molecule has 0 amide bonds. The molecule has 4 aliphatic heterocycles. The standard InChI is InChI=1S/C52H80N8O2.C2H2O4.CH4.Co/c1-9-55-25-15-27-59-31-17-29-57(49(55)59)23-13-19-39-33-43(51(3,4)5)35-41(47(39)61)37-53-45-21-11-12-22-46(45)54-38-42-36-44(52(6,7)8)34-40(48(42)62)20-14-24-58-30-18-32-60-28-16-26-56(10-2)50(58)60;3-1(4)2(5)6;;/h33-38,45-46H,9-32H2,1-8H3;(H,3,4)(H,5,6);1H4;/p+2. The topological polar surface area (TPSA) is 159 Å². The Morgan fingerprint density at radius 3 is 1.26 bits per heavy atom. The van der Waals surface area contributed by atoms with Gasteiger partial charge in [-0.2, -0.15) is 0 Å². The third-order valence-electron chi connectivity index (χ3n) is 14.5. The molecule has 7 rings (SSSR count). The van der Waals surface area contributed by atoms with Gasteiger partial charge in [-0.15, -0.1) is 0 Å². The summed E-state index contributed by atoms with van der Waals surface area (Å²) < 4.78 is 5.18. The number of carbonyl (C=O) groups is 2. The summed E-state index contributed by atoms with van der Waals surface area (Å²) in [4.78, 5) is 38.9. The average molecular weight is 1020 g/mol. The Hall–Kier alpha value is -4.63. The van der Waals surface area contributed by atoms with E-state index < -0.39 is 11.9 Å². The molecule has 4 heterocycles. The summed E-state index contributed by atoms with van der Waals surface area (Å²) in [6.45, 7) is 31.3. The number of phenolic OH excluding ortho intramolecular Hbond substituents is 2. The molecule has 14 nitrogen and oxygen atoms in total. The van der Waals surface area contributed by atoms with Gasteiger partial charge < -0.3 is 20.4 Å². The Labute approximate surface area is 430 Å². The van der Waals surface area contributed by atoms with Gasteiger partial charge in [-0.3, -0.25) is 38.7 Å². The number of nitrogens with zero attached hydrogens (tertiary/aromatic N) is 8. The number of aliphatic imine (C=N–C) groups is 2. The van der Waals surface area contributed by atoms with Crippen molar-refractivity contribution >= 4 is 36.3 Å². The Kier molecular flexibility index (Phi) is 21.7. The number of benzene rings is 2. The molecule has 391 valence electrons. The van der Waals surface area contributed by atoms with Crippen LogP contribution in [0.25, 0.3) is 0 Å². The second kappa shape index (κ2) is 26.2. The van der Waals surface area contributed by atoms with Crippen LogP contribution in [0, 0.1) is 0 Å². The fourth-order valence-corrected chi connectivity index (χ4v) is 10.7. The zero-order valence-electron chi connectivity index (χ0n) is 43.1. The number of hydrogen-bond donors (Lipinski definition) is 4. The Morgan fingerprint density at radius 2 is 0.943 bits per heavy atom. The smallest absolute Gasteiger partial charge is 0.414 e. The summed E-state index contributed by atoms with van der Waals surface area (Å²) in [5.41, 5.74) is 6.00. The van der Waals surface area contributed by atoms with Crippen molar-refractivity contribution < 1.29 is 55.9 Å². The average Bonchev–Trinajstić information content (AvgIpc) is 3.31. The Morgan fingerprint density at radius 1 is 0.600 bits per heavy atom. The molecule has 1 radical (unpaired) electrons. The van der Waals surface area contributed by atoms with E-state index in [1.807, 2.05) is 12.4 Å². The first-order chi connectivity index (χ1) is 32.4. The number of phenols is 2. The van der Waals surface area contributed by atoms with Gasteiger partial charge >= 0.3 is 23.9 Å². The minimum atomic E-state index is -1.82. The van der Waals surface area contributed by atoms with Gasteiger partial charge in [0.05, 0.1) is 90.6 Å². The van der Waals surface area contributed by atoms with Gasteiger partial charge in [0.15, 0.2) is 0 Å². The van der Waals surface area contributed by atoms with Crippen LogP contribution in [-0.2, 0) is 50.0 Å². The third kappa shape index (κ3) is 15.0. The number of rotatable bonds is 14. The molecule has 1 aliphatic carbocycles. The fourth-order valence-electron chi connectivity index (χ4n) is 10.7. The van der Waals surface area contributed by atoms with E-state index in [4.69, 9.17) is 29.8 Å². The van der Waals surface area contributed by atoms with Gasteiger partial charge in [-0.25, -0.2) is 9.59 Å². The maximum atomic E-state index is 11.8. The van der Waals surface area contributed by atoms with E-state index in [1.165, 1.54) is 48.7 Å². The van der Waals surface area contributed by atoms with Gasteiger partial charge in [0.1, 0.15) is 11.5 Å². The van der Waals surface area contributed by atoms with E-state index in [0.717, 1.165) is 152 Å². The summed E-state index contributed by atoms with van der Waals surface area (Å²) in [7, 11) is 0. The second-order valence-corrected chi connectivity index (χ2v) is 21.6. The molecular weight excluding hydrogens is 928 g/mol. The normalized spacial score (nSPS) is 19.9. The van der Waals surface area contributed by atoms with Crippen LogP contribution in [0.15, 0.2) is 34.3 Å². The van der Waals surface area contributed by atoms with Crippen LogP contribution < -0.4 is 0 Å². The van der Waals surface area contributed by atoms with Gasteiger partial charge in [-0.1, -0.05) is 73.9 Å². The van der Waals surface area contributed by atoms with Crippen molar-refractivity contribution in [2.24, 2.45) is 9.98 Å². The number of carboxylic acid groups (broad SMARTS) is 2. The molecule has 0 saturated heterocycles. The molecule has 0 bridgehead atoms. The molecule has 5 aliphatic rings. The van der Waals surface area contributed by atoms with Crippen molar-refractivity contribution in [1.82, 2.24) is 19.6 Å². The number of aromatic hydroxyl groups is 2. The predicted octanol–water partition coefficient (Wildman–Crippen LogP) is 7.80.